The summed E-state index contributed by atoms with van der Waals surface area (Å²) in [7, 11) is 0. The van der Waals surface area contributed by atoms with E-state index in [1.165, 1.54) is 0 Å². The average Bonchev–Trinajstić information content (AvgIpc) is 2.47. The third-order valence-electron chi connectivity index (χ3n) is 1.74. The van der Waals surface area contributed by atoms with Crippen molar-refractivity contribution in [2.75, 3.05) is 0 Å². The first-order valence-electron chi connectivity index (χ1n) is 4.36. The molecule has 2 rings (SSSR count). The van der Waals surface area contributed by atoms with Crippen LogP contribution in [0.15, 0.2) is 30.3 Å². The van der Waals surface area contributed by atoms with Gasteiger partial charge in [-0.05, 0) is 0 Å². The molecular weight excluding hydrogens is 266 g/mol. The number of benzene rings is 1. The Kier molecular flexibility index (Phi) is 2.99. The summed E-state index contributed by atoms with van der Waals surface area (Å²) in [6.45, 7) is 1.93. The van der Waals surface area contributed by atoms with Crippen LogP contribution in [0.5, 0.6) is 5.75 Å². The molecule has 0 aromatic heterocycles. The van der Waals surface area contributed by atoms with Crippen LogP contribution < -0.4 is 4.52 Å². The summed E-state index contributed by atoms with van der Waals surface area (Å²) < 4.78 is 22.7. The van der Waals surface area contributed by atoms with Crippen molar-refractivity contribution < 1.29 is 13.6 Å². The molecule has 0 N–H and O–H groups in total. The maximum absolute atomic E-state index is 12.0. The monoisotopic (exact) mass is 278 g/mol. The van der Waals surface area contributed by atoms with E-state index in [4.69, 9.17) is 9.05 Å². The molecule has 2 unspecified atom stereocenters. The molecule has 0 spiro atoms. The Morgan fingerprint density at radius 3 is 2.79 bits per heavy atom. The SMILES string of the molecule is CC1C[Se]P(=O)(Oc2ccccc2)O1. The summed E-state index contributed by atoms with van der Waals surface area (Å²) in [4.78, 5) is 0. The fourth-order valence-electron chi connectivity index (χ4n) is 1.14. The van der Waals surface area contributed by atoms with Crippen LogP contribution in [-0.4, -0.2) is 20.6 Å². The first kappa shape index (κ1) is 10.3. The van der Waals surface area contributed by atoms with Crippen LogP contribution in [0.25, 0.3) is 0 Å². The molecule has 0 aliphatic carbocycles. The van der Waals surface area contributed by atoms with Crippen LogP contribution in [0, 0.1) is 0 Å². The summed E-state index contributed by atoms with van der Waals surface area (Å²) >= 11 is -0.0394. The van der Waals surface area contributed by atoms with Gasteiger partial charge in [-0.1, -0.05) is 0 Å². The topological polar surface area (TPSA) is 35.5 Å². The second-order valence-corrected chi connectivity index (χ2v) is 9.75. The van der Waals surface area contributed by atoms with Gasteiger partial charge in [0.1, 0.15) is 0 Å². The van der Waals surface area contributed by atoms with Gasteiger partial charge in [0.2, 0.25) is 0 Å². The molecule has 0 saturated carbocycles. The van der Waals surface area contributed by atoms with Crippen LogP contribution in [0.4, 0.5) is 0 Å². The minimum absolute atomic E-state index is 0.0394. The first-order valence-corrected chi connectivity index (χ1v) is 9.33. The Hall–Kier alpha value is -0.271. The number of para-hydroxylation sites is 1. The molecule has 1 heterocycles. The molecule has 1 fully saturated rings. The molecule has 1 aromatic rings. The van der Waals surface area contributed by atoms with Crippen molar-refractivity contribution in [3.8, 4) is 5.75 Å². The van der Waals surface area contributed by atoms with E-state index >= 15 is 0 Å². The standard InChI is InChI=1S/C9H11O3PSe/c1-8-7-14-13(10,11-8)12-9-5-3-2-4-6-9/h2-6,8H,7H2,1H3. The molecule has 0 radical (unpaired) electrons. The predicted octanol–water partition coefficient (Wildman–Crippen LogP) is 2.71. The number of hydrogen-bond acceptors (Lipinski definition) is 3. The second-order valence-electron chi connectivity index (χ2n) is 3.06. The van der Waals surface area contributed by atoms with Gasteiger partial charge in [-0.3, -0.25) is 0 Å². The van der Waals surface area contributed by atoms with E-state index in [1.807, 2.05) is 25.1 Å². The molecule has 0 amide bonds. The van der Waals surface area contributed by atoms with Gasteiger partial charge in [-0.2, -0.15) is 0 Å². The molecular formula is C9H11O3PSe. The normalized spacial score (nSPS) is 31.6. The predicted molar refractivity (Wildman–Crippen MR) is 55.8 cm³/mol. The third kappa shape index (κ3) is 2.40. The zero-order valence-corrected chi connectivity index (χ0v) is 10.4. The molecule has 1 aromatic carbocycles. The van der Waals surface area contributed by atoms with Gasteiger partial charge < -0.3 is 0 Å². The summed E-state index contributed by atoms with van der Waals surface area (Å²) in [5, 5.41) is 0.872. The van der Waals surface area contributed by atoms with E-state index < -0.39 is 6.29 Å². The van der Waals surface area contributed by atoms with Gasteiger partial charge in [-0.15, -0.1) is 0 Å². The average molecular weight is 277 g/mol. The second kappa shape index (κ2) is 4.08. The molecule has 5 heteroatoms. The van der Waals surface area contributed by atoms with Crippen molar-refractivity contribution in [3.05, 3.63) is 30.3 Å². The number of rotatable bonds is 2. The zero-order valence-electron chi connectivity index (χ0n) is 7.75. The summed E-state index contributed by atoms with van der Waals surface area (Å²) in [6.07, 6.45) is -2.71. The summed E-state index contributed by atoms with van der Waals surface area (Å²) in [6, 6.07) is 9.19. The van der Waals surface area contributed by atoms with Crippen molar-refractivity contribution >= 4 is 20.8 Å². The van der Waals surface area contributed by atoms with Gasteiger partial charge >= 0.3 is 88.8 Å². The number of hydrogen-bond donors (Lipinski definition) is 0. The molecule has 1 aliphatic heterocycles. The molecule has 76 valence electrons. The van der Waals surface area contributed by atoms with Gasteiger partial charge in [0.15, 0.2) is 0 Å². The van der Waals surface area contributed by atoms with Crippen molar-refractivity contribution in [2.45, 2.75) is 18.3 Å². The molecule has 2 atom stereocenters. The molecule has 1 aliphatic rings. The van der Waals surface area contributed by atoms with Crippen LogP contribution in [0.1, 0.15) is 6.92 Å². The van der Waals surface area contributed by atoms with Crippen LogP contribution in [0.3, 0.4) is 0 Å². The van der Waals surface area contributed by atoms with Crippen molar-refractivity contribution in [1.29, 1.82) is 0 Å². The van der Waals surface area contributed by atoms with Gasteiger partial charge in [0.25, 0.3) is 0 Å². The zero-order chi connectivity index (χ0) is 10.0. The van der Waals surface area contributed by atoms with E-state index in [9.17, 15) is 4.57 Å². The summed E-state index contributed by atoms with van der Waals surface area (Å²) in [5.41, 5.74) is 0. The van der Waals surface area contributed by atoms with E-state index in [0.29, 0.717) is 5.75 Å². The Labute approximate surface area is 89.1 Å². The van der Waals surface area contributed by atoms with E-state index in [1.54, 1.807) is 12.1 Å². The molecule has 0 bridgehead atoms. The fourth-order valence-corrected chi connectivity index (χ4v) is 7.60. The fraction of sp³-hybridized carbons (Fsp3) is 0.333. The van der Waals surface area contributed by atoms with E-state index in [-0.39, 0.29) is 20.6 Å². The molecule has 3 nitrogen and oxygen atoms in total. The van der Waals surface area contributed by atoms with E-state index in [2.05, 4.69) is 0 Å². The quantitative estimate of drug-likeness (QED) is 0.616. The Bertz CT molecular complexity index is 354. The first-order chi connectivity index (χ1) is 6.68. The van der Waals surface area contributed by atoms with Crippen molar-refractivity contribution in [2.24, 2.45) is 0 Å². The van der Waals surface area contributed by atoms with Crippen LogP contribution >= 0.6 is 6.29 Å². The Balaban J connectivity index is 2.08. The van der Waals surface area contributed by atoms with Gasteiger partial charge in [-0.25, -0.2) is 0 Å². The van der Waals surface area contributed by atoms with E-state index in [0.717, 1.165) is 5.32 Å². The van der Waals surface area contributed by atoms with Crippen LogP contribution in [-0.2, 0) is 9.09 Å². The van der Waals surface area contributed by atoms with Gasteiger partial charge in [0.05, 0.1) is 0 Å². The Morgan fingerprint density at radius 2 is 2.21 bits per heavy atom. The van der Waals surface area contributed by atoms with Crippen molar-refractivity contribution in [1.82, 2.24) is 0 Å². The molecule has 14 heavy (non-hydrogen) atoms. The Morgan fingerprint density at radius 1 is 1.50 bits per heavy atom. The minimum atomic E-state index is -2.79. The van der Waals surface area contributed by atoms with Crippen molar-refractivity contribution in [3.63, 3.8) is 0 Å². The third-order valence-corrected chi connectivity index (χ3v) is 8.18. The van der Waals surface area contributed by atoms with Gasteiger partial charge in [0, 0.05) is 0 Å². The summed E-state index contributed by atoms with van der Waals surface area (Å²) in [5.74, 6) is 0.631. The maximum atomic E-state index is 12.0. The van der Waals surface area contributed by atoms with Crippen LogP contribution in [0.2, 0.25) is 5.32 Å². The molecule has 1 saturated heterocycles.